The Labute approximate surface area is 99.6 Å². The Morgan fingerprint density at radius 2 is 2.27 bits per heavy atom. The molecule has 1 aliphatic heterocycles. The topological polar surface area (TPSA) is 29.5 Å². The maximum atomic E-state index is 11.7. The van der Waals surface area contributed by atoms with Crippen LogP contribution in [0.1, 0.15) is 27.2 Å². The smallest absolute Gasteiger partial charge is 0.410 e. The van der Waals surface area contributed by atoms with Gasteiger partial charge in [0, 0.05) is 18.4 Å². The Kier molecular flexibility index (Phi) is 4.20. The Bertz CT molecular complexity index is 268. The lowest BCUT2D eigenvalue weighted by Gasteiger charge is -2.29. The fraction of sp³-hybridized carbons (Fsp3) is 0.727. The van der Waals surface area contributed by atoms with Crippen molar-refractivity contribution in [3.8, 4) is 0 Å². The van der Waals surface area contributed by atoms with E-state index >= 15 is 0 Å². The second kappa shape index (κ2) is 5.01. The molecule has 0 radical (unpaired) electrons. The van der Waals surface area contributed by atoms with Gasteiger partial charge in [0.1, 0.15) is 5.60 Å². The van der Waals surface area contributed by atoms with Crippen LogP contribution < -0.4 is 0 Å². The molecule has 0 aromatic heterocycles. The normalized spacial score (nSPS) is 17.3. The van der Waals surface area contributed by atoms with Crippen LogP contribution in [0.25, 0.3) is 0 Å². The summed E-state index contributed by atoms with van der Waals surface area (Å²) in [6.45, 7) is 7.07. The molecule has 0 N–H and O–H groups in total. The molecule has 0 unspecified atom stereocenters. The van der Waals surface area contributed by atoms with Crippen molar-refractivity contribution >= 4 is 22.0 Å². The summed E-state index contributed by atoms with van der Waals surface area (Å²) < 4.78 is 5.29. The summed E-state index contributed by atoms with van der Waals surface area (Å²) in [6.07, 6.45) is 2.81. The molecule has 1 amide bonds. The number of amides is 1. The number of rotatable bonds is 1. The predicted octanol–water partition coefficient (Wildman–Crippen LogP) is 2.95. The highest BCUT2D eigenvalue weighted by molar-refractivity contribution is 9.09. The van der Waals surface area contributed by atoms with Crippen molar-refractivity contribution in [3.63, 3.8) is 0 Å². The zero-order valence-electron chi connectivity index (χ0n) is 9.55. The van der Waals surface area contributed by atoms with Crippen LogP contribution in [0.5, 0.6) is 0 Å². The fourth-order valence-electron chi connectivity index (χ4n) is 1.32. The van der Waals surface area contributed by atoms with Crippen LogP contribution in [-0.2, 0) is 4.74 Å². The number of carbonyl (C=O) groups excluding carboxylic acids is 1. The van der Waals surface area contributed by atoms with Gasteiger partial charge < -0.3 is 9.64 Å². The Morgan fingerprint density at radius 3 is 2.67 bits per heavy atom. The van der Waals surface area contributed by atoms with E-state index in [0.29, 0.717) is 6.54 Å². The predicted molar refractivity (Wildman–Crippen MR) is 64.3 cm³/mol. The summed E-state index contributed by atoms with van der Waals surface area (Å²) in [5.41, 5.74) is 0.950. The number of halogens is 1. The third kappa shape index (κ3) is 4.24. The molecule has 0 aliphatic carbocycles. The second-order valence-corrected chi connectivity index (χ2v) is 5.23. The molecule has 1 rings (SSSR count). The van der Waals surface area contributed by atoms with Gasteiger partial charge in [0.05, 0.1) is 0 Å². The first-order valence-corrected chi connectivity index (χ1v) is 6.26. The van der Waals surface area contributed by atoms with Crippen LogP contribution in [0.15, 0.2) is 11.6 Å². The highest BCUT2D eigenvalue weighted by Gasteiger charge is 2.23. The van der Waals surface area contributed by atoms with Gasteiger partial charge in [0.15, 0.2) is 0 Å². The molecule has 0 saturated heterocycles. The van der Waals surface area contributed by atoms with Gasteiger partial charge >= 0.3 is 6.09 Å². The molecule has 0 aromatic carbocycles. The highest BCUT2D eigenvalue weighted by atomic mass is 79.9. The number of alkyl halides is 1. The number of hydrogen-bond donors (Lipinski definition) is 0. The molecular formula is C11H18BrNO2. The zero-order chi connectivity index (χ0) is 11.5. The summed E-state index contributed by atoms with van der Waals surface area (Å²) in [6, 6.07) is 0. The quantitative estimate of drug-likeness (QED) is 0.544. The van der Waals surface area contributed by atoms with E-state index in [-0.39, 0.29) is 6.09 Å². The first kappa shape index (κ1) is 12.6. The average Bonchev–Trinajstić information content (AvgIpc) is 2.15. The molecule has 1 aliphatic rings. The standard InChI is InChI=1S/C11H18BrNO2/c1-11(2,3)15-10(14)13-6-4-9(8-12)5-7-13/h4H,5-8H2,1-3H3. The van der Waals surface area contributed by atoms with Crippen LogP contribution in [0.2, 0.25) is 0 Å². The van der Waals surface area contributed by atoms with Crippen molar-refractivity contribution in [1.29, 1.82) is 0 Å². The van der Waals surface area contributed by atoms with E-state index in [1.165, 1.54) is 5.57 Å². The molecule has 0 bridgehead atoms. The Morgan fingerprint density at radius 1 is 1.60 bits per heavy atom. The minimum atomic E-state index is -0.406. The van der Waals surface area contributed by atoms with Gasteiger partial charge in [0.25, 0.3) is 0 Å². The summed E-state index contributed by atoms with van der Waals surface area (Å²) >= 11 is 3.41. The van der Waals surface area contributed by atoms with Gasteiger partial charge in [-0.15, -0.1) is 0 Å². The van der Waals surface area contributed by atoms with Crippen molar-refractivity contribution in [1.82, 2.24) is 4.90 Å². The first-order chi connectivity index (χ1) is 6.92. The van der Waals surface area contributed by atoms with Crippen LogP contribution in [0, 0.1) is 0 Å². The van der Waals surface area contributed by atoms with Gasteiger partial charge in [0.2, 0.25) is 0 Å². The third-order valence-electron chi connectivity index (χ3n) is 2.13. The highest BCUT2D eigenvalue weighted by Crippen LogP contribution is 2.16. The van der Waals surface area contributed by atoms with Crippen molar-refractivity contribution in [2.75, 3.05) is 18.4 Å². The van der Waals surface area contributed by atoms with E-state index in [4.69, 9.17) is 4.74 Å². The lowest BCUT2D eigenvalue weighted by atomic mass is 10.1. The van der Waals surface area contributed by atoms with Gasteiger partial charge in [-0.05, 0) is 27.2 Å². The SMILES string of the molecule is CC(C)(C)OC(=O)N1CC=C(CBr)CC1. The second-order valence-electron chi connectivity index (χ2n) is 4.67. The summed E-state index contributed by atoms with van der Waals surface area (Å²) in [4.78, 5) is 13.4. The molecule has 0 aromatic rings. The molecule has 0 atom stereocenters. The third-order valence-corrected chi connectivity index (χ3v) is 2.85. The number of ether oxygens (including phenoxy) is 1. The summed E-state index contributed by atoms with van der Waals surface area (Å²) in [7, 11) is 0. The van der Waals surface area contributed by atoms with Crippen LogP contribution in [0.3, 0.4) is 0 Å². The first-order valence-electron chi connectivity index (χ1n) is 5.14. The maximum absolute atomic E-state index is 11.7. The fourth-order valence-corrected chi connectivity index (χ4v) is 1.83. The van der Waals surface area contributed by atoms with Gasteiger partial charge in [-0.3, -0.25) is 0 Å². The number of hydrogen-bond acceptors (Lipinski definition) is 2. The van der Waals surface area contributed by atoms with E-state index in [1.807, 2.05) is 20.8 Å². The van der Waals surface area contributed by atoms with Crippen molar-refractivity contribution in [2.24, 2.45) is 0 Å². The lowest BCUT2D eigenvalue weighted by Crippen LogP contribution is -2.39. The molecule has 3 nitrogen and oxygen atoms in total. The Balaban J connectivity index is 2.47. The number of carbonyl (C=O) groups is 1. The lowest BCUT2D eigenvalue weighted by molar-refractivity contribution is 0.0266. The minimum Gasteiger partial charge on any atom is -0.444 e. The van der Waals surface area contributed by atoms with Gasteiger partial charge in [-0.25, -0.2) is 4.79 Å². The van der Waals surface area contributed by atoms with Crippen LogP contribution in [-0.4, -0.2) is 35.0 Å². The Hall–Kier alpha value is -0.510. The summed E-state index contributed by atoms with van der Waals surface area (Å²) in [5, 5.41) is 0.898. The largest absolute Gasteiger partial charge is 0.444 e. The van der Waals surface area contributed by atoms with Crippen molar-refractivity contribution in [2.45, 2.75) is 32.8 Å². The average molecular weight is 276 g/mol. The molecule has 4 heteroatoms. The molecule has 15 heavy (non-hydrogen) atoms. The van der Waals surface area contributed by atoms with Gasteiger partial charge in [-0.1, -0.05) is 27.6 Å². The molecule has 0 saturated carbocycles. The minimum absolute atomic E-state index is 0.215. The van der Waals surface area contributed by atoms with E-state index in [1.54, 1.807) is 4.90 Å². The van der Waals surface area contributed by atoms with Gasteiger partial charge in [-0.2, -0.15) is 0 Å². The van der Waals surface area contributed by atoms with E-state index in [0.717, 1.165) is 18.3 Å². The van der Waals surface area contributed by atoms with Crippen LogP contribution in [0.4, 0.5) is 4.79 Å². The van der Waals surface area contributed by atoms with Crippen LogP contribution >= 0.6 is 15.9 Å². The van der Waals surface area contributed by atoms with E-state index in [9.17, 15) is 4.79 Å². The molecular weight excluding hydrogens is 258 g/mol. The maximum Gasteiger partial charge on any atom is 0.410 e. The number of nitrogens with zero attached hydrogens (tertiary/aromatic N) is 1. The monoisotopic (exact) mass is 275 g/mol. The van der Waals surface area contributed by atoms with Crippen molar-refractivity contribution < 1.29 is 9.53 Å². The van der Waals surface area contributed by atoms with E-state index in [2.05, 4.69) is 22.0 Å². The molecule has 0 fully saturated rings. The van der Waals surface area contributed by atoms with E-state index < -0.39 is 5.60 Å². The molecule has 86 valence electrons. The van der Waals surface area contributed by atoms with Crippen molar-refractivity contribution in [3.05, 3.63) is 11.6 Å². The zero-order valence-corrected chi connectivity index (χ0v) is 11.1. The molecule has 0 spiro atoms. The molecule has 1 heterocycles. The summed E-state index contributed by atoms with van der Waals surface area (Å²) in [5.74, 6) is 0.